The molecule has 0 unspecified atom stereocenters. The van der Waals surface area contributed by atoms with Gasteiger partial charge in [0.15, 0.2) is 5.13 Å². The van der Waals surface area contributed by atoms with Gasteiger partial charge in [0.05, 0.1) is 16.9 Å². The number of benzene rings is 1. The molecule has 0 saturated carbocycles. The third-order valence-corrected chi connectivity index (χ3v) is 9.87. The summed E-state index contributed by atoms with van der Waals surface area (Å²) in [5.74, 6) is -0.353. The minimum atomic E-state index is -0.482. The monoisotopic (exact) mass is 605 g/mol. The number of anilines is 3. The Kier molecular flexibility index (Phi) is 7.45. The number of pyridine rings is 1. The maximum absolute atomic E-state index is 14.4. The summed E-state index contributed by atoms with van der Waals surface area (Å²) >= 11 is 1.48. The molecular weight excluding hydrogens is 565 g/mol. The lowest BCUT2D eigenvalue weighted by Crippen LogP contribution is -2.61. The van der Waals surface area contributed by atoms with Gasteiger partial charge in [-0.3, -0.25) is 9.59 Å². The number of nitrogens with zero attached hydrogens (tertiary/aromatic N) is 7. The first-order chi connectivity index (χ1) is 20.3. The summed E-state index contributed by atoms with van der Waals surface area (Å²) in [5.41, 5.74) is 3.25. The van der Waals surface area contributed by atoms with Gasteiger partial charge in [-0.05, 0) is 57.6 Å². The number of carbonyl (C=O) groups is 2. The van der Waals surface area contributed by atoms with Crippen LogP contribution in [0.25, 0.3) is 0 Å². The van der Waals surface area contributed by atoms with E-state index in [1.165, 1.54) is 11.3 Å². The second-order valence-corrected chi connectivity index (χ2v) is 14.1. The number of amides is 2. The summed E-state index contributed by atoms with van der Waals surface area (Å²) in [7, 11) is 2.07. The van der Waals surface area contributed by atoms with Crippen LogP contribution in [0.1, 0.15) is 59.9 Å². The molecule has 1 aromatic carbocycles. The number of thiazole rings is 1. The van der Waals surface area contributed by atoms with Gasteiger partial charge in [-0.25, -0.2) is 14.4 Å². The van der Waals surface area contributed by atoms with Crippen LogP contribution in [0.4, 0.5) is 20.9 Å². The van der Waals surface area contributed by atoms with Crippen molar-refractivity contribution < 1.29 is 14.0 Å². The number of halogens is 1. The Bertz CT molecular complexity index is 1560. The van der Waals surface area contributed by atoms with E-state index in [2.05, 4.69) is 49.4 Å². The molecule has 0 aliphatic carbocycles. The fraction of sp³-hybridized carbons (Fsp3) is 0.500. The van der Waals surface area contributed by atoms with E-state index in [0.29, 0.717) is 56.2 Å². The molecule has 0 atom stereocenters. The largest absolute Gasteiger partial charge is 0.344 e. The minimum Gasteiger partial charge on any atom is -0.344 e. The highest BCUT2D eigenvalue weighted by atomic mass is 32.1. The highest BCUT2D eigenvalue weighted by Gasteiger charge is 2.41. The highest BCUT2D eigenvalue weighted by molar-refractivity contribution is 7.13. The molecule has 2 fully saturated rings. The fourth-order valence-electron chi connectivity index (χ4n) is 6.33. The van der Waals surface area contributed by atoms with Crippen molar-refractivity contribution in [1.29, 1.82) is 0 Å². The summed E-state index contributed by atoms with van der Waals surface area (Å²) in [6.07, 6.45) is 0. The normalized spacial score (nSPS) is 20.0. The van der Waals surface area contributed by atoms with Crippen molar-refractivity contribution in [2.24, 2.45) is 0 Å². The third kappa shape index (κ3) is 5.48. The predicted octanol–water partition coefficient (Wildman–Crippen LogP) is 4.54. The van der Waals surface area contributed by atoms with Gasteiger partial charge >= 0.3 is 0 Å². The number of aromatic nitrogens is 2. The Balaban J connectivity index is 1.17. The molecule has 5 heterocycles. The Morgan fingerprint density at radius 3 is 2.33 bits per heavy atom. The van der Waals surface area contributed by atoms with E-state index in [4.69, 9.17) is 9.97 Å². The molecule has 11 heteroatoms. The van der Waals surface area contributed by atoms with Gasteiger partial charge in [0.1, 0.15) is 17.2 Å². The molecule has 6 rings (SSSR count). The fourth-order valence-corrected chi connectivity index (χ4v) is 7.16. The van der Waals surface area contributed by atoms with Crippen LogP contribution in [0.3, 0.4) is 0 Å². The van der Waals surface area contributed by atoms with Crippen molar-refractivity contribution in [3.63, 3.8) is 0 Å². The topological polar surface area (TPSA) is 76.1 Å². The number of rotatable bonds is 4. The van der Waals surface area contributed by atoms with Gasteiger partial charge in [-0.1, -0.05) is 19.9 Å². The van der Waals surface area contributed by atoms with Crippen molar-refractivity contribution in [3.8, 4) is 0 Å². The van der Waals surface area contributed by atoms with E-state index >= 15 is 0 Å². The molecule has 3 aliphatic rings. The van der Waals surface area contributed by atoms with E-state index < -0.39 is 5.54 Å². The summed E-state index contributed by atoms with van der Waals surface area (Å²) in [4.78, 5) is 46.8. The number of hydrogen-bond donors (Lipinski definition) is 0. The first-order valence-corrected chi connectivity index (χ1v) is 15.8. The molecule has 2 saturated heterocycles. The summed E-state index contributed by atoms with van der Waals surface area (Å²) in [5, 5.41) is 2.66. The number of fused-ring (bicyclic) bond motifs is 1. The van der Waals surface area contributed by atoms with E-state index in [-0.39, 0.29) is 23.0 Å². The lowest BCUT2D eigenvalue weighted by Gasteiger charge is -2.47. The second-order valence-electron chi connectivity index (χ2n) is 13.3. The van der Waals surface area contributed by atoms with Crippen molar-refractivity contribution in [1.82, 2.24) is 24.7 Å². The average Bonchev–Trinajstić information content (AvgIpc) is 3.56. The molecule has 3 aliphatic heterocycles. The Hall–Kier alpha value is -3.57. The average molecular weight is 606 g/mol. The molecule has 3 aromatic rings. The van der Waals surface area contributed by atoms with Crippen LogP contribution in [0.2, 0.25) is 0 Å². The molecule has 0 N–H and O–H groups in total. The summed E-state index contributed by atoms with van der Waals surface area (Å²) < 4.78 is 14.4. The lowest BCUT2D eigenvalue weighted by molar-refractivity contribution is 0.0508. The van der Waals surface area contributed by atoms with Crippen LogP contribution in [0.15, 0.2) is 35.7 Å². The van der Waals surface area contributed by atoms with Gasteiger partial charge in [-0.2, -0.15) is 0 Å². The van der Waals surface area contributed by atoms with Gasteiger partial charge in [0, 0.05) is 68.8 Å². The maximum Gasteiger partial charge on any atom is 0.273 e. The Morgan fingerprint density at radius 1 is 0.884 bits per heavy atom. The number of likely N-dealkylation sites (N-methyl/N-ethyl adjacent to an activating group) is 1. The van der Waals surface area contributed by atoms with Gasteiger partial charge < -0.3 is 24.5 Å². The maximum atomic E-state index is 14.4. The molecule has 0 radical (unpaired) electrons. The van der Waals surface area contributed by atoms with Gasteiger partial charge in [0.25, 0.3) is 11.8 Å². The molecule has 43 heavy (non-hydrogen) atoms. The zero-order valence-corrected chi connectivity index (χ0v) is 26.7. The first-order valence-electron chi connectivity index (χ1n) is 14.9. The Labute approximate surface area is 256 Å². The Morgan fingerprint density at radius 2 is 1.63 bits per heavy atom. The van der Waals surface area contributed by atoms with Crippen molar-refractivity contribution in [3.05, 3.63) is 64.2 Å². The zero-order chi connectivity index (χ0) is 30.7. The van der Waals surface area contributed by atoms with Crippen LogP contribution < -0.4 is 9.80 Å². The van der Waals surface area contributed by atoms with E-state index in [1.807, 2.05) is 27.3 Å². The standard InChI is InChI=1S/C32H40FN7O2S/c1-21-7-8-22(17-23(21)33)39-19-31(2,3)27-26(39)10-9-24(34-27)29(42)40-16-15-38(20-32(40,4)5)30-35-25(18-43-30)28(41)37-13-11-36(6)12-14-37/h7-10,17-18H,11-16,19-20H2,1-6H3. The second kappa shape index (κ2) is 10.9. The quantitative estimate of drug-likeness (QED) is 0.432. The zero-order valence-electron chi connectivity index (χ0n) is 25.9. The molecule has 9 nitrogen and oxygen atoms in total. The van der Waals surface area contributed by atoms with Crippen molar-refractivity contribution >= 4 is 39.7 Å². The number of hydrogen-bond acceptors (Lipinski definition) is 8. The van der Waals surface area contributed by atoms with Gasteiger partial charge in [0.2, 0.25) is 0 Å². The van der Waals surface area contributed by atoms with Crippen LogP contribution in [-0.2, 0) is 5.41 Å². The summed E-state index contributed by atoms with van der Waals surface area (Å²) in [6.45, 7) is 15.6. The summed E-state index contributed by atoms with van der Waals surface area (Å²) in [6, 6.07) is 9.02. The van der Waals surface area contributed by atoms with E-state index in [0.717, 1.165) is 35.3 Å². The first kappa shape index (κ1) is 29.5. The molecule has 228 valence electrons. The smallest absolute Gasteiger partial charge is 0.273 e. The highest BCUT2D eigenvalue weighted by Crippen LogP contribution is 2.43. The van der Waals surface area contributed by atoms with Crippen molar-refractivity contribution in [2.75, 3.05) is 69.2 Å². The molecular formula is C32H40FN7O2S. The van der Waals surface area contributed by atoms with E-state index in [9.17, 15) is 14.0 Å². The van der Waals surface area contributed by atoms with Crippen LogP contribution in [-0.4, -0.2) is 101 Å². The minimum absolute atomic E-state index is 0.0136. The molecule has 0 spiro atoms. The SMILES string of the molecule is Cc1ccc(N2CC(C)(C)c3nc(C(=O)N4CCN(c5nc(C(=O)N6CCN(C)CC6)cs5)CC4(C)C)ccc32)cc1F. The van der Waals surface area contributed by atoms with Crippen LogP contribution >= 0.6 is 11.3 Å². The molecule has 2 amide bonds. The van der Waals surface area contributed by atoms with Crippen LogP contribution in [0, 0.1) is 12.7 Å². The number of piperazine rings is 2. The third-order valence-electron chi connectivity index (χ3n) is 8.96. The molecule has 2 aromatic heterocycles. The molecule has 0 bridgehead atoms. The van der Waals surface area contributed by atoms with Crippen LogP contribution in [0.5, 0.6) is 0 Å². The lowest BCUT2D eigenvalue weighted by atomic mass is 9.91. The van der Waals surface area contributed by atoms with E-state index in [1.54, 1.807) is 25.1 Å². The van der Waals surface area contributed by atoms with Crippen molar-refractivity contribution in [2.45, 2.75) is 45.6 Å². The number of aryl methyl sites for hydroxylation is 1. The van der Waals surface area contributed by atoms with Gasteiger partial charge in [-0.15, -0.1) is 11.3 Å². The number of carbonyl (C=O) groups excluding carboxylic acids is 2. The predicted molar refractivity (Wildman–Crippen MR) is 168 cm³/mol.